The van der Waals surface area contributed by atoms with Crippen LogP contribution in [0.25, 0.3) is 0 Å². The van der Waals surface area contributed by atoms with E-state index in [2.05, 4.69) is 9.62 Å². The van der Waals surface area contributed by atoms with Gasteiger partial charge >= 0.3 is 0 Å². The Morgan fingerprint density at radius 2 is 1.74 bits per heavy atom. The minimum absolute atomic E-state index is 0.216. The third-order valence-corrected chi connectivity index (χ3v) is 5.43. The van der Waals surface area contributed by atoms with E-state index in [-0.39, 0.29) is 12.5 Å². The zero-order valence-corrected chi connectivity index (χ0v) is 14.8. The quantitative estimate of drug-likeness (QED) is 0.824. The molecule has 1 aromatic rings. The number of hydrogen-bond donors (Lipinski definition) is 1. The highest BCUT2D eigenvalue weighted by atomic mass is 35.5. The van der Waals surface area contributed by atoms with Crippen LogP contribution >= 0.6 is 11.6 Å². The van der Waals surface area contributed by atoms with Gasteiger partial charge in [0.15, 0.2) is 0 Å². The van der Waals surface area contributed by atoms with Crippen LogP contribution in [0.1, 0.15) is 0 Å². The van der Waals surface area contributed by atoms with Crippen molar-refractivity contribution in [2.24, 2.45) is 0 Å². The van der Waals surface area contributed by atoms with Crippen LogP contribution < -0.4 is 9.62 Å². The van der Waals surface area contributed by atoms with Crippen LogP contribution in [0.3, 0.4) is 0 Å². The summed E-state index contributed by atoms with van der Waals surface area (Å²) in [4.78, 5) is 15.9. The molecule has 0 spiro atoms. The number of piperazine rings is 1. The Balaban J connectivity index is 1.84. The SMILES string of the molecule is CN(C)S(=O)(=O)NCC(=O)N1CCN(c2ccc(Cl)cc2)CC1. The lowest BCUT2D eigenvalue weighted by Crippen LogP contribution is -2.52. The van der Waals surface area contributed by atoms with E-state index in [9.17, 15) is 13.2 Å². The Bertz CT molecular complexity index is 640. The van der Waals surface area contributed by atoms with Gasteiger partial charge in [-0.05, 0) is 24.3 Å². The molecule has 1 fully saturated rings. The minimum atomic E-state index is -3.58. The predicted octanol–water partition coefficient (Wildman–Crippen LogP) is 0.385. The maximum atomic E-state index is 12.1. The second kappa shape index (κ2) is 7.48. The molecule has 1 aromatic carbocycles. The summed E-state index contributed by atoms with van der Waals surface area (Å²) in [5.41, 5.74) is 1.06. The highest BCUT2D eigenvalue weighted by Crippen LogP contribution is 2.19. The van der Waals surface area contributed by atoms with Gasteiger partial charge < -0.3 is 9.80 Å². The minimum Gasteiger partial charge on any atom is -0.368 e. The van der Waals surface area contributed by atoms with E-state index in [1.54, 1.807) is 4.90 Å². The number of nitrogens with zero attached hydrogens (tertiary/aromatic N) is 3. The Kier molecular flexibility index (Phi) is 5.85. The molecule has 0 unspecified atom stereocenters. The summed E-state index contributed by atoms with van der Waals surface area (Å²) in [7, 11) is -0.748. The highest BCUT2D eigenvalue weighted by molar-refractivity contribution is 7.87. The first-order valence-electron chi connectivity index (χ1n) is 7.25. The third-order valence-electron chi connectivity index (χ3n) is 3.71. The molecular formula is C14H21ClN4O3S. The molecule has 1 amide bonds. The van der Waals surface area contributed by atoms with Crippen LogP contribution in [0.5, 0.6) is 0 Å². The van der Waals surface area contributed by atoms with Crippen molar-refractivity contribution in [3.8, 4) is 0 Å². The Morgan fingerprint density at radius 3 is 2.26 bits per heavy atom. The van der Waals surface area contributed by atoms with Gasteiger partial charge in [0, 0.05) is 51.0 Å². The van der Waals surface area contributed by atoms with Crippen molar-refractivity contribution in [3.05, 3.63) is 29.3 Å². The van der Waals surface area contributed by atoms with Crippen molar-refractivity contribution in [1.82, 2.24) is 13.9 Å². The maximum absolute atomic E-state index is 12.1. The Labute approximate surface area is 142 Å². The number of anilines is 1. The first kappa shape index (κ1) is 18.0. The number of carbonyl (C=O) groups excluding carboxylic acids is 1. The molecular weight excluding hydrogens is 340 g/mol. The van der Waals surface area contributed by atoms with Gasteiger partial charge in [0.1, 0.15) is 0 Å². The number of halogens is 1. The standard InChI is InChI=1S/C14H21ClN4O3S/c1-17(2)23(21,22)16-11-14(20)19-9-7-18(8-10-19)13-5-3-12(15)4-6-13/h3-6,16H,7-11H2,1-2H3. The predicted molar refractivity (Wildman–Crippen MR) is 90.9 cm³/mol. The number of benzene rings is 1. The molecule has 7 nitrogen and oxygen atoms in total. The second-order valence-corrected chi connectivity index (χ2v) is 7.86. The molecule has 1 N–H and O–H groups in total. The molecule has 1 aliphatic rings. The monoisotopic (exact) mass is 360 g/mol. The van der Waals surface area contributed by atoms with Gasteiger partial charge in [-0.2, -0.15) is 17.4 Å². The van der Waals surface area contributed by atoms with E-state index in [0.29, 0.717) is 31.2 Å². The van der Waals surface area contributed by atoms with Crippen LogP contribution in [0.2, 0.25) is 5.02 Å². The van der Waals surface area contributed by atoms with Crippen LogP contribution in [-0.4, -0.2) is 70.3 Å². The summed E-state index contributed by atoms with van der Waals surface area (Å²) in [5, 5.41) is 0.690. The molecule has 2 rings (SSSR count). The molecule has 0 bridgehead atoms. The number of rotatable bonds is 5. The number of nitrogens with one attached hydrogen (secondary N) is 1. The molecule has 1 heterocycles. The number of hydrogen-bond acceptors (Lipinski definition) is 4. The van der Waals surface area contributed by atoms with Crippen LogP contribution in [-0.2, 0) is 15.0 Å². The summed E-state index contributed by atoms with van der Waals surface area (Å²) in [5.74, 6) is -0.216. The molecule has 0 radical (unpaired) electrons. The average Bonchev–Trinajstić information content (AvgIpc) is 2.53. The average molecular weight is 361 g/mol. The fraction of sp³-hybridized carbons (Fsp3) is 0.500. The lowest BCUT2D eigenvalue weighted by atomic mass is 10.2. The molecule has 0 aromatic heterocycles. The van der Waals surface area contributed by atoms with E-state index < -0.39 is 10.2 Å². The van der Waals surface area contributed by atoms with Crippen molar-refractivity contribution in [2.45, 2.75) is 0 Å². The van der Waals surface area contributed by atoms with Crippen LogP contribution in [0.15, 0.2) is 24.3 Å². The first-order valence-corrected chi connectivity index (χ1v) is 9.07. The molecule has 128 valence electrons. The summed E-state index contributed by atoms with van der Waals surface area (Å²) < 4.78 is 26.5. The largest absolute Gasteiger partial charge is 0.368 e. The molecule has 1 saturated heterocycles. The van der Waals surface area contributed by atoms with Crippen molar-refractivity contribution in [2.75, 3.05) is 51.7 Å². The van der Waals surface area contributed by atoms with Crippen molar-refractivity contribution in [3.63, 3.8) is 0 Å². The molecule has 0 aliphatic carbocycles. The van der Waals surface area contributed by atoms with E-state index in [1.807, 2.05) is 24.3 Å². The number of carbonyl (C=O) groups is 1. The fourth-order valence-corrected chi connectivity index (χ4v) is 2.95. The highest BCUT2D eigenvalue weighted by Gasteiger charge is 2.23. The lowest BCUT2D eigenvalue weighted by molar-refractivity contribution is -0.130. The van der Waals surface area contributed by atoms with E-state index in [1.165, 1.54) is 14.1 Å². The summed E-state index contributed by atoms with van der Waals surface area (Å²) >= 11 is 5.88. The summed E-state index contributed by atoms with van der Waals surface area (Å²) in [6, 6.07) is 7.57. The zero-order chi connectivity index (χ0) is 17.0. The van der Waals surface area contributed by atoms with Gasteiger partial charge in [0.05, 0.1) is 6.54 Å². The number of amides is 1. The first-order chi connectivity index (χ1) is 10.8. The molecule has 0 atom stereocenters. The lowest BCUT2D eigenvalue weighted by Gasteiger charge is -2.36. The smallest absolute Gasteiger partial charge is 0.279 e. The summed E-state index contributed by atoms with van der Waals surface area (Å²) in [6.07, 6.45) is 0. The third kappa shape index (κ3) is 4.81. The van der Waals surface area contributed by atoms with Gasteiger partial charge in [-0.1, -0.05) is 11.6 Å². The van der Waals surface area contributed by atoms with Gasteiger partial charge in [0.2, 0.25) is 5.91 Å². The van der Waals surface area contributed by atoms with Crippen molar-refractivity contribution < 1.29 is 13.2 Å². The fourth-order valence-electron chi connectivity index (χ4n) is 2.26. The summed E-state index contributed by atoms with van der Waals surface area (Å²) in [6.45, 7) is 2.30. The van der Waals surface area contributed by atoms with Crippen molar-refractivity contribution >= 4 is 33.4 Å². The Morgan fingerprint density at radius 1 is 1.17 bits per heavy atom. The van der Waals surface area contributed by atoms with Gasteiger partial charge in [-0.3, -0.25) is 4.79 Å². The Hall–Kier alpha value is -1.35. The van der Waals surface area contributed by atoms with Gasteiger partial charge in [-0.15, -0.1) is 0 Å². The van der Waals surface area contributed by atoms with Gasteiger partial charge in [0.25, 0.3) is 10.2 Å². The molecule has 1 aliphatic heterocycles. The van der Waals surface area contributed by atoms with Crippen molar-refractivity contribution in [1.29, 1.82) is 0 Å². The maximum Gasteiger partial charge on any atom is 0.279 e. The molecule has 0 saturated carbocycles. The molecule has 23 heavy (non-hydrogen) atoms. The zero-order valence-electron chi connectivity index (χ0n) is 13.2. The second-order valence-electron chi connectivity index (χ2n) is 5.45. The van der Waals surface area contributed by atoms with Crippen LogP contribution in [0.4, 0.5) is 5.69 Å². The molecule has 9 heteroatoms. The van der Waals surface area contributed by atoms with Crippen LogP contribution in [0, 0.1) is 0 Å². The van der Waals surface area contributed by atoms with Gasteiger partial charge in [-0.25, -0.2) is 0 Å². The van der Waals surface area contributed by atoms with E-state index >= 15 is 0 Å². The topological polar surface area (TPSA) is 73.0 Å². The van der Waals surface area contributed by atoms with E-state index in [4.69, 9.17) is 11.6 Å². The normalized spacial score (nSPS) is 16.0. The van der Waals surface area contributed by atoms with E-state index in [0.717, 1.165) is 9.99 Å².